The molecule has 0 saturated heterocycles. The van der Waals surface area contributed by atoms with Crippen molar-refractivity contribution in [2.24, 2.45) is 0 Å². The first-order chi connectivity index (χ1) is 11.6. The Balaban J connectivity index is 2.49. The molecule has 0 aliphatic heterocycles. The molecule has 0 saturated carbocycles. The lowest BCUT2D eigenvalue weighted by atomic mass is 10.1. The molecule has 0 atom stereocenters. The largest absolute Gasteiger partial charge is 0.490 e. The van der Waals surface area contributed by atoms with Crippen molar-refractivity contribution in [3.8, 4) is 11.5 Å². The third-order valence-electron chi connectivity index (χ3n) is 3.29. The Morgan fingerprint density at radius 3 is 2.50 bits per heavy atom. The number of esters is 1. The van der Waals surface area contributed by atoms with Gasteiger partial charge in [-0.15, -0.1) is 0 Å². The third kappa shape index (κ3) is 3.86. The van der Waals surface area contributed by atoms with Gasteiger partial charge >= 0.3 is 5.97 Å². The van der Waals surface area contributed by atoms with Gasteiger partial charge in [-0.2, -0.15) is 0 Å². The molecule has 0 bridgehead atoms. The highest BCUT2D eigenvalue weighted by Gasteiger charge is 2.16. The summed E-state index contributed by atoms with van der Waals surface area (Å²) in [7, 11) is 1.58. The van der Waals surface area contributed by atoms with Crippen LogP contribution in [-0.4, -0.2) is 44.5 Å². The molecule has 0 aliphatic carbocycles. The van der Waals surface area contributed by atoms with Crippen LogP contribution in [0.1, 0.15) is 24.2 Å². The van der Waals surface area contributed by atoms with Crippen LogP contribution in [0, 0.1) is 0 Å². The Kier molecular flexibility index (Phi) is 6.20. The van der Waals surface area contributed by atoms with Crippen LogP contribution in [0.4, 0.5) is 0 Å². The monoisotopic (exact) mass is 335 g/mol. The van der Waals surface area contributed by atoms with Crippen molar-refractivity contribution in [3.05, 3.63) is 34.1 Å². The third-order valence-corrected chi connectivity index (χ3v) is 3.29. The van der Waals surface area contributed by atoms with E-state index in [1.165, 1.54) is 6.20 Å². The molecule has 1 heterocycles. The standard InChI is InChI=1S/C17H21NO6/c1-4-22-14-8-11-13(9-15(14)24-7-6-21-3)18-10-12(16(11)19)17(20)23-5-2/h8-10H,4-7H2,1-3H3,(H,18,19). The van der Waals surface area contributed by atoms with Gasteiger partial charge < -0.3 is 23.9 Å². The molecular weight excluding hydrogens is 314 g/mol. The molecule has 0 aliphatic rings. The molecule has 7 nitrogen and oxygen atoms in total. The van der Waals surface area contributed by atoms with E-state index in [-0.39, 0.29) is 12.2 Å². The molecule has 0 spiro atoms. The first kappa shape index (κ1) is 17.8. The number of carbonyl (C=O) groups is 1. The van der Waals surface area contributed by atoms with E-state index in [2.05, 4.69) is 4.98 Å². The number of nitrogens with one attached hydrogen (secondary N) is 1. The van der Waals surface area contributed by atoms with E-state index in [1.54, 1.807) is 26.2 Å². The van der Waals surface area contributed by atoms with E-state index in [4.69, 9.17) is 18.9 Å². The van der Waals surface area contributed by atoms with Crippen molar-refractivity contribution in [1.29, 1.82) is 0 Å². The van der Waals surface area contributed by atoms with Gasteiger partial charge in [0, 0.05) is 19.4 Å². The van der Waals surface area contributed by atoms with E-state index < -0.39 is 11.4 Å². The van der Waals surface area contributed by atoms with E-state index in [9.17, 15) is 9.59 Å². The number of aromatic nitrogens is 1. The van der Waals surface area contributed by atoms with Crippen LogP contribution < -0.4 is 14.9 Å². The Bertz CT molecular complexity index is 768. The molecule has 2 aromatic rings. The number of aromatic amines is 1. The van der Waals surface area contributed by atoms with Crippen LogP contribution in [0.2, 0.25) is 0 Å². The number of carbonyl (C=O) groups excluding carboxylic acids is 1. The zero-order valence-corrected chi connectivity index (χ0v) is 14.0. The molecule has 0 radical (unpaired) electrons. The van der Waals surface area contributed by atoms with Gasteiger partial charge in [-0.1, -0.05) is 0 Å². The fourth-order valence-electron chi connectivity index (χ4n) is 2.20. The summed E-state index contributed by atoms with van der Waals surface area (Å²) in [4.78, 5) is 27.3. The van der Waals surface area contributed by atoms with E-state index in [1.807, 2.05) is 6.92 Å². The van der Waals surface area contributed by atoms with Gasteiger partial charge in [0.15, 0.2) is 11.5 Å². The minimum atomic E-state index is -0.654. The Hall–Kier alpha value is -2.54. The lowest BCUT2D eigenvalue weighted by Gasteiger charge is -2.13. The number of methoxy groups -OCH3 is 1. The maximum atomic E-state index is 12.5. The van der Waals surface area contributed by atoms with Crippen molar-refractivity contribution in [2.75, 3.05) is 33.5 Å². The number of rotatable bonds is 8. The summed E-state index contributed by atoms with van der Waals surface area (Å²) < 4.78 is 21.0. The topological polar surface area (TPSA) is 86.9 Å². The molecule has 24 heavy (non-hydrogen) atoms. The Morgan fingerprint density at radius 1 is 1.08 bits per heavy atom. The number of ether oxygens (including phenoxy) is 4. The first-order valence-corrected chi connectivity index (χ1v) is 7.73. The molecule has 1 aromatic heterocycles. The normalized spacial score (nSPS) is 10.6. The first-order valence-electron chi connectivity index (χ1n) is 7.73. The zero-order chi connectivity index (χ0) is 17.5. The fraction of sp³-hybridized carbons (Fsp3) is 0.412. The van der Waals surface area contributed by atoms with Crippen LogP contribution in [0.15, 0.2) is 23.1 Å². The van der Waals surface area contributed by atoms with Gasteiger partial charge in [0.05, 0.1) is 30.7 Å². The van der Waals surface area contributed by atoms with Crippen molar-refractivity contribution < 1.29 is 23.7 Å². The van der Waals surface area contributed by atoms with Gasteiger partial charge in [0.2, 0.25) is 5.43 Å². The van der Waals surface area contributed by atoms with Gasteiger partial charge in [0.1, 0.15) is 12.2 Å². The summed E-state index contributed by atoms with van der Waals surface area (Å²) in [5.74, 6) is 0.285. The highest BCUT2D eigenvalue weighted by atomic mass is 16.5. The summed E-state index contributed by atoms with van der Waals surface area (Å²) in [5.41, 5.74) is 0.0929. The quantitative estimate of drug-likeness (QED) is 0.587. The number of fused-ring (bicyclic) bond motifs is 1. The molecular formula is C17H21NO6. The van der Waals surface area contributed by atoms with Gasteiger partial charge in [-0.3, -0.25) is 4.79 Å². The second kappa shape index (κ2) is 8.35. The van der Waals surface area contributed by atoms with Crippen molar-refractivity contribution in [1.82, 2.24) is 4.98 Å². The lowest BCUT2D eigenvalue weighted by Crippen LogP contribution is -2.18. The van der Waals surface area contributed by atoms with Gasteiger partial charge in [-0.25, -0.2) is 4.79 Å². The van der Waals surface area contributed by atoms with Crippen molar-refractivity contribution in [2.45, 2.75) is 13.8 Å². The highest BCUT2D eigenvalue weighted by Crippen LogP contribution is 2.31. The second-order valence-corrected chi connectivity index (χ2v) is 4.87. The number of benzene rings is 1. The van der Waals surface area contributed by atoms with Crippen LogP contribution in [-0.2, 0) is 9.47 Å². The molecule has 0 amide bonds. The summed E-state index contributed by atoms with van der Waals surface area (Å²) in [5, 5.41) is 0.336. The average Bonchev–Trinajstić information content (AvgIpc) is 2.56. The SMILES string of the molecule is CCOC(=O)c1c[nH]c2cc(OCCOC)c(OCC)cc2c1=O. The summed E-state index contributed by atoms with van der Waals surface area (Å²) >= 11 is 0. The van der Waals surface area contributed by atoms with E-state index in [0.29, 0.717) is 42.2 Å². The Morgan fingerprint density at radius 2 is 1.83 bits per heavy atom. The summed E-state index contributed by atoms with van der Waals surface area (Å²) in [6, 6.07) is 3.24. The van der Waals surface area contributed by atoms with Gasteiger partial charge in [0.25, 0.3) is 0 Å². The minimum absolute atomic E-state index is 0.0418. The molecule has 130 valence electrons. The van der Waals surface area contributed by atoms with Gasteiger partial charge in [-0.05, 0) is 19.9 Å². The van der Waals surface area contributed by atoms with Crippen molar-refractivity contribution >= 4 is 16.9 Å². The van der Waals surface area contributed by atoms with Crippen molar-refractivity contribution in [3.63, 3.8) is 0 Å². The smallest absolute Gasteiger partial charge is 0.343 e. The summed E-state index contributed by atoms with van der Waals surface area (Å²) in [6.45, 7) is 4.93. The van der Waals surface area contributed by atoms with E-state index >= 15 is 0 Å². The predicted molar refractivity (Wildman–Crippen MR) is 89.1 cm³/mol. The molecule has 0 fully saturated rings. The molecule has 0 unspecified atom stereocenters. The fourth-order valence-corrected chi connectivity index (χ4v) is 2.20. The maximum absolute atomic E-state index is 12.5. The number of H-pyrrole nitrogens is 1. The van der Waals surface area contributed by atoms with Crippen LogP contribution >= 0.6 is 0 Å². The molecule has 2 rings (SSSR count). The molecule has 1 aromatic carbocycles. The Labute approximate surface area is 139 Å². The predicted octanol–water partition coefficient (Wildman–Crippen LogP) is 2.13. The zero-order valence-electron chi connectivity index (χ0n) is 14.0. The molecule has 1 N–H and O–H groups in total. The highest BCUT2D eigenvalue weighted by molar-refractivity contribution is 5.94. The van der Waals surface area contributed by atoms with Crippen LogP contribution in [0.5, 0.6) is 11.5 Å². The van der Waals surface area contributed by atoms with E-state index in [0.717, 1.165) is 0 Å². The van der Waals surface area contributed by atoms with Crippen LogP contribution in [0.25, 0.3) is 10.9 Å². The summed E-state index contributed by atoms with van der Waals surface area (Å²) in [6.07, 6.45) is 1.35. The van der Waals surface area contributed by atoms with Crippen LogP contribution in [0.3, 0.4) is 0 Å². The minimum Gasteiger partial charge on any atom is -0.490 e. The second-order valence-electron chi connectivity index (χ2n) is 4.87. The maximum Gasteiger partial charge on any atom is 0.343 e. The number of hydrogen-bond donors (Lipinski definition) is 1. The number of hydrogen-bond acceptors (Lipinski definition) is 6. The molecule has 7 heteroatoms. The lowest BCUT2D eigenvalue weighted by molar-refractivity contribution is 0.0524. The number of pyridine rings is 1. The average molecular weight is 335 g/mol.